The Hall–Kier alpha value is -2.21. The SMILES string of the molecule is Cc1ccc(C(=O)O[C@H]2CO[C@H]3CO[C@H](c4ccccc4)O[C@H]3C2)cc1. The van der Waals surface area contributed by atoms with Crippen molar-refractivity contribution >= 4 is 5.97 Å². The lowest BCUT2D eigenvalue weighted by Crippen LogP contribution is -2.50. The molecule has 2 aromatic carbocycles. The van der Waals surface area contributed by atoms with Crippen molar-refractivity contribution in [2.75, 3.05) is 13.2 Å². The first-order chi connectivity index (χ1) is 12.7. The Balaban J connectivity index is 1.37. The molecule has 2 aliphatic heterocycles. The first-order valence-corrected chi connectivity index (χ1v) is 8.90. The molecule has 2 aromatic rings. The number of esters is 1. The van der Waals surface area contributed by atoms with Gasteiger partial charge in [-0.2, -0.15) is 0 Å². The molecule has 0 radical (unpaired) electrons. The molecule has 2 heterocycles. The van der Waals surface area contributed by atoms with Gasteiger partial charge in [-0.15, -0.1) is 0 Å². The molecule has 5 nitrogen and oxygen atoms in total. The molecule has 0 bridgehead atoms. The van der Waals surface area contributed by atoms with E-state index in [1.165, 1.54) is 0 Å². The highest BCUT2D eigenvalue weighted by atomic mass is 16.7. The lowest BCUT2D eigenvalue weighted by Gasteiger charge is -2.41. The monoisotopic (exact) mass is 354 g/mol. The first-order valence-electron chi connectivity index (χ1n) is 8.90. The lowest BCUT2D eigenvalue weighted by molar-refractivity contribution is -0.287. The van der Waals surface area contributed by atoms with Gasteiger partial charge in [-0.3, -0.25) is 0 Å². The zero-order valence-corrected chi connectivity index (χ0v) is 14.7. The Morgan fingerprint density at radius 2 is 1.73 bits per heavy atom. The average Bonchev–Trinajstić information content (AvgIpc) is 2.68. The molecule has 4 rings (SSSR count). The van der Waals surface area contributed by atoms with E-state index in [0.717, 1.165) is 11.1 Å². The second-order valence-electron chi connectivity index (χ2n) is 6.75. The maximum atomic E-state index is 12.3. The van der Waals surface area contributed by atoms with Gasteiger partial charge in [0.1, 0.15) is 12.2 Å². The van der Waals surface area contributed by atoms with Gasteiger partial charge in [0.15, 0.2) is 6.29 Å². The molecule has 2 fully saturated rings. The van der Waals surface area contributed by atoms with Crippen molar-refractivity contribution in [2.24, 2.45) is 0 Å². The van der Waals surface area contributed by atoms with Gasteiger partial charge in [0, 0.05) is 12.0 Å². The molecular formula is C21H22O5. The summed E-state index contributed by atoms with van der Waals surface area (Å²) in [7, 11) is 0. The maximum Gasteiger partial charge on any atom is 0.338 e. The quantitative estimate of drug-likeness (QED) is 0.791. The van der Waals surface area contributed by atoms with Crippen LogP contribution >= 0.6 is 0 Å². The van der Waals surface area contributed by atoms with Crippen LogP contribution in [0.2, 0.25) is 0 Å². The third-order valence-electron chi connectivity index (χ3n) is 4.75. The number of benzene rings is 2. The Morgan fingerprint density at radius 1 is 0.962 bits per heavy atom. The van der Waals surface area contributed by atoms with Crippen molar-refractivity contribution in [3.63, 3.8) is 0 Å². The number of carbonyl (C=O) groups is 1. The Morgan fingerprint density at radius 3 is 2.50 bits per heavy atom. The van der Waals surface area contributed by atoms with Gasteiger partial charge in [-0.25, -0.2) is 4.79 Å². The molecule has 0 unspecified atom stereocenters. The summed E-state index contributed by atoms with van der Waals surface area (Å²) in [5.74, 6) is -0.330. The Labute approximate surface area is 152 Å². The highest BCUT2D eigenvalue weighted by Gasteiger charge is 2.39. The summed E-state index contributed by atoms with van der Waals surface area (Å²) in [5.41, 5.74) is 2.63. The van der Waals surface area contributed by atoms with Crippen molar-refractivity contribution in [1.82, 2.24) is 0 Å². The zero-order chi connectivity index (χ0) is 17.9. The van der Waals surface area contributed by atoms with Crippen LogP contribution in [0.15, 0.2) is 54.6 Å². The van der Waals surface area contributed by atoms with E-state index >= 15 is 0 Å². The summed E-state index contributed by atoms with van der Waals surface area (Å²) in [4.78, 5) is 12.3. The standard InChI is InChI=1S/C21H22O5/c1-14-7-9-15(10-8-14)20(22)25-17-11-18-19(23-12-17)13-24-21(26-18)16-5-3-2-4-6-16/h2-10,17-19,21H,11-13H2,1H3/t17-,18+,19+,21+/m1/s1. The third kappa shape index (κ3) is 3.80. The number of hydrogen-bond acceptors (Lipinski definition) is 5. The summed E-state index contributed by atoms with van der Waals surface area (Å²) >= 11 is 0. The molecule has 5 heteroatoms. The molecule has 0 aromatic heterocycles. The largest absolute Gasteiger partial charge is 0.456 e. The van der Waals surface area contributed by atoms with Crippen LogP contribution in [-0.2, 0) is 18.9 Å². The fourth-order valence-electron chi connectivity index (χ4n) is 3.27. The van der Waals surface area contributed by atoms with Gasteiger partial charge in [-0.1, -0.05) is 48.0 Å². The number of fused-ring (bicyclic) bond motifs is 1. The van der Waals surface area contributed by atoms with Gasteiger partial charge in [0.25, 0.3) is 0 Å². The van der Waals surface area contributed by atoms with E-state index in [1.54, 1.807) is 12.1 Å². The molecule has 4 atom stereocenters. The minimum absolute atomic E-state index is 0.121. The van der Waals surface area contributed by atoms with Crippen molar-refractivity contribution in [3.8, 4) is 0 Å². The second-order valence-corrected chi connectivity index (χ2v) is 6.75. The third-order valence-corrected chi connectivity index (χ3v) is 4.75. The van der Waals surface area contributed by atoms with Crippen LogP contribution in [0.5, 0.6) is 0 Å². The lowest BCUT2D eigenvalue weighted by atomic mass is 10.0. The number of carbonyl (C=O) groups excluding carboxylic acids is 1. The molecule has 2 saturated heterocycles. The Kier molecular flexibility index (Phi) is 5.02. The number of hydrogen-bond donors (Lipinski definition) is 0. The molecule has 136 valence electrons. The molecule has 0 aliphatic carbocycles. The van der Waals surface area contributed by atoms with E-state index in [-0.39, 0.29) is 24.3 Å². The highest BCUT2D eigenvalue weighted by Crippen LogP contribution is 2.32. The van der Waals surface area contributed by atoms with Gasteiger partial charge in [-0.05, 0) is 19.1 Å². The van der Waals surface area contributed by atoms with Crippen LogP contribution in [0, 0.1) is 6.92 Å². The predicted molar refractivity (Wildman–Crippen MR) is 94.7 cm³/mol. The molecule has 0 saturated carbocycles. The predicted octanol–water partition coefficient (Wildman–Crippen LogP) is 3.42. The molecule has 26 heavy (non-hydrogen) atoms. The van der Waals surface area contributed by atoms with E-state index in [0.29, 0.717) is 25.2 Å². The molecular weight excluding hydrogens is 332 g/mol. The maximum absolute atomic E-state index is 12.3. The molecule has 0 N–H and O–H groups in total. The van der Waals surface area contributed by atoms with Crippen molar-refractivity contribution in [3.05, 3.63) is 71.3 Å². The topological polar surface area (TPSA) is 54.0 Å². The normalized spacial score (nSPS) is 28.2. The fourth-order valence-corrected chi connectivity index (χ4v) is 3.27. The summed E-state index contributed by atoms with van der Waals surface area (Å²) in [6.07, 6.45) is -0.399. The van der Waals surface area contributed by atoms with Gasteiger partial charge >= 0.3 is 5.97 Å². The van der Waals surface area contributed by atoms with E-state index < -0.39 is 6.29 Å². The number of rotatable bonds is 3. The van der Waals surface area contributed by atoms with Crippen LogP contribution in [0.4, 0.5) is 0 Å². The smallest absolute Gasteiger partial charge is 0.338 e. The van der Waals surface area contributed by atoms with E-state index in [1.807, 2.05) is 49.4 Å². The van der Waals surface area contributed by atoms with Crippen LogP contribution in [0.3, 0.4) is 0 Å². The second kappa shape index (κ2) is 7.58. The summed E-state index contributed by atoms with van der Waals surface area (Å²) in [5, 5.41) is 0. The minimum Gasteiger partial charge on any atom is -0.456 e. The number of aryl methyl sites for hydroxylation is 1. The van der Waals surface area contributed by atoms with Crippen molar-refractivity contribution in [1.29, 1.82) is 0 Å². The average molecular weight is 354 g/mol. The Bertz CT molecular complexity index is 743. The molecule has 0 spiro atoms. The molecule has 2 aliphatic rings. The van der Waals surface area contributed by atoms with E-state index in [9.17, 15) is 4.79 Å². The van der Waals surface area contributed by atoms with Gasteiger partial charge < -0.3 is 18.9 Å². The fraction of sp³-hybridized carbons (Fsp3) is 0.381. The number of ether oxygens (including phenoxy) is 4. The minimum atomic E-state index is -0.410. The van der Waals surface area contributed by atoms with E-state index in [4.69, 9.17) is 18.9 Å². The summed E-state index contributed by atoms with van der Waals surface area (Å²) < 4.78 is 23.3. The summed E-state index contributed by atoms with van der Waals surface area (Å²) in [6, 6.07) is 17.2. The van der Waals surface area contributed by atoms with Crippen LogP contribution in [-0.4, -0.2) is 37.5 Å². The van der Waals surface area contributed by atoms with E-state index in [2.05, 4.69) is 0 Å². The van der Waals surface area contributed by atoms with Crippen LogP contribution in [0.25, 0.3) is 0 Å². The van der Waals surface area contributed by atoms with Crippen molar-refractivity contribution in [2.45, 2.75) is 37.9 Å². The van der Waals surface area contributed by atoms with Gasteiger partial charge in [0.05, 0.1) is 24.9 Å². The summed E-state index contributed by atoms with van der Waals surface area (Å²) in [6.45, 7) is 2.82. The highest BCUT2D eigenvalue weighted by molar-refractivity contribution is 5.89. The van der Waals surface area contributed by atoms with Crippen LogP contribution < -0.4 is 0 Å². The van der Waals surface area contributed by atoms with Crippen LogP contribution in [0.1, 0.15) is 34.2 Å². The first kappa shape index (κ1) is 17.2. The van der Waals surface area contributed by atoms with Gasteiger partial charge in [0.2, 0.25) is 0 Å². The zero-order valence-electron chi connectivity index (χ0n) is 14.7. The molecule has 0 amide bonds. The van der Waals surface area contributed by atoms with Crippen molar-refractivity contribution < 1.29 is 23.7 Å².